The molecule has 2 N–H and O–H groups in total. The van der Waals surface area contributed by atoms with Crippen molar-refractivity contribution in [2.24, 2.45) is 0 Å². The van der Waals surface area contributed by atoms with Crippen LogP contribution in [0, 0.1) is 0 Å². The molecule has 8 aromatic rings. The second-order valence-corrected chi connectivity index (χ2v) is 12.1. The fourth-order valence-electron chi connectivity index (χ4n) is 8.12. The van der Waals surface area contributed by atoms with Crippen LogP contribution in [0.15, 0.2) is 133 Å². The average molecular weight is 539 g/mol. The van der Waals surface area contributed by atoms with Crippen molar-refractivity contribution in [3.05, 3.63) is 167 Å². The van der Waals surface area contributed by atoms with Crippen molar-refractivity contribution < 1.29 is 0 Å². The number of hydrogen-bond donors (Lipinski definition) is 2. The molecule has 2 unspecified atom stereocenters. The fourth-order valence-corrected chi connectivity index (χ4v) is 8.12. The zero-order chi connectivity index (χ0) is 28.1. The summed E-state index contributed by atoms with van der Waals surface area (Å²) in [6.07, 6.45) is 0. The first-order valence-electron chi connectivity index (χ1n) is 14.8. The fraction of sp³-hybridized carbons (Fsp3) is 0.100. The number of nitrogens with one attached hydrogen (secondary N) is 2. The van der Waals surface area contributed by atoms with Gasteiger partial charge in [0, 0.05) is 43.4 Å². The molecule has 2 nitrogen and oxygen atoms in total. The summed E-state index contributed by atoms with van der Waals surface area (Å²) >= 11 is 0. The Hall–Kier alpha value is -5.08. The van der Waals surface area contributed by atoms with Gasteiger partial charge in [-0.15, -0.1) is 0 Å². The van der Waals surface area contributed by atoms with Crippen molar-refractivity contribution in [1.82, 2.24) is 9.97 Å². The van der Waals surface area contributed by atoms with Gasteiger partial charge in [0.2, 0.25) is 0 Å². The maximum absolute atomic E-state index is 3.90. The van der Waals surface area contributed by atoms with Gasteiger partial charge in [0.15, 0.2) is 0 Å². The number of aromatic nitrogens is 2. The van der Waals surface area contributed by atoms with Crippen LogP contribution in [0.2, 0.25) is 0 Å². The minimum atomic E-state index is -0.397. The molecule has 0 aliphatic heterocycles. The molecule has 42 heavy (non-hydrogen) atoms. The van der Waals surface area contributed by atoms with Crippen LogP contribution in [0.1, 0.15) is 47.2 Å². The highest BCUT2D eigenvalue weighted by Gasteiger charge is 2.50. The molecule has 2 atom stereocenters. The highest BCUT2D eigenvalue weighted by atomic mass is 14.7. The first kappa shape index (κ1) is 23.6. The molecule has 2 heteroatoms. The second-order valence-electron chi connectivity index (χ2n) is 12.1. The molecule has 1 aliphatic carbocycles. The van der Waals surface area contributed by atoms with Gasteiger partial charge in [-0.25, -0.2) is 0 Å². The normalized spacial score (nSPS) is 19.9. The molecule has 0 radical (unpaired) electrons. The number of rotatable bonds is 2. The maximum atomic E-state index is 3.90. The zero-order valence-corrected chi connectivity index (χ0v) is 23.7. The lowest BCUT2D eigenvalue weighted by Gasteiger charge is -2.48. The smallest absolute Gasteiger partial charge is 0.0513 e. The molecule has 0 fully saturated rings. The van der Waals surface area contributed by atoms with Gasteiger partial charge in [-0.1, -0.05) is 121 Å². The van der Waals surface area contributed by atoms with Crippen molar-refractivity contribution in [3.63, 3.8) is 0 Å². The molecule has 0 saturated heterocycles. The molecule has 2 heterocycles. The summed E-state index contributed by atoms with van der Waals surface area (Å²) in [7, 11) is 0. The Morgan fingerprint density at radius 2 is 0.762 bits per heavy atom. The number of fused-ring (bicyclic) bond motifs is 10. The van der Waals surface area contributed by atoms with E-state index in [4.69, 9.17) is 0 Å². The summed E-state index contributed by atoms with van der Waals surface area (Å²) in [5, 5.41) is 5.09. The van der Waals surface area contributed by atoms with Gasteiger partial charge in [-0.2, -0.15) is 0 Å². The number of aromatic amines is 2. The van der Waals surface area contributed by atoms with Gasteiger partial charge in [0.1, 0.15) is 0 Å². The molecule has 200 valence electrons. The lowest BCUT2D eigenvalue weighted by molar-refractivity contribution is 0.575. The van der Waals surface area contributed by atoms with Crippen LogP contribution in [0.25, 0.3) is 43.6 Å². The van der Waals surface area contributed by atoms with E-state index in [1.54, 1.807) is 0 Å². The van der Waals surface area contributed by atoms with E-state index in [0.717, 1.165) is 0 Å². The minimum absolute atomic E-state index is 0.397. The highest BCUT2D eigenvalue weighted by molar-refractivity contribution is 6.12. The van der Waals surface area contributed by atoms with Gasteiger partial charge in [-0.3, -0.25) is 0 Å². The van der Waals surface area contributed by atoms with Crippen molar-refractivity contribution in [1.29, 1.82) is 0 Å². The van der Waals surface area contributed by atoms with Crippen molar-refractivity contribution in [2.75, 3.05) is 0 Å². The molecular formula is C40H30N2. The van der Waals surface area contributed by atoms with Crippen molar-refractivity contribution >= 4 is 43.6 Å². The molecule has 0 amide bonds. The van der Waals surface area contributed by atoms with Crippen LogP contribution < -0.4 is 0 Å². The van der Waals surface area contributed by atoms with E-state index in [1.807, 2.05) is 0 Å². The molecule has 2 aromatic heterocycles. The molecule has 9 rings (SSSR count). The molecule has 1 aliphatic rings. The zero-order valence-electron chi connectivity index (χ0n) is 23.7. The number of H-pyrrole nitrogens is 2. The molecule has 0 spiro atoms. The highest BCUT2D eigenvalue weighted by Crippen LogP contribution is 2.58. The van der Waals surface area contributed by atoms with Gasteiger partial charge in [0.25, 0.3) is 0 Å². The van der Waals surface area contributed by atoms with Gasteiger partial charge in [0.05, 0.1) is 11.0 Å². The van der Waals surface area contributed by atoms with Crippen LogP contribution in [-0.2, 0) is 10.8 Å². The Morgan fingerprint density at radius 3 is 1.19 bits per heavy atom. The Labute approximate surface area is 244 Å². The number of benzene rings is 6. The van der Waals surface area contributed by atoms with Crippen LogP contribution in [0.4, 0.5) is 0 Å². The molecule has 0 bridgehead atoms. The quantitative estimate of drug-likeness (QED) is 0.219. The summed E-state index contributed by atoms with van der Waals surface area (Å²) in [6.45, 7) is 4.87. The van der Waals surface area contributed by atoms with E-state index >= 15 is 0 Å². The van der Waals surface area contributed by atoms with Gasteiger partial charge >= 0.3 is 0 Å². The third kappa shape index (κ3) is 2.84. The van der Waals surface area contributed by atoms with E-state index in [1.165, 1.54) is 77.0 Å². The number of hydrogen-bond acceptors (Lipinski definition) is 0. The Bertz CT molecular complexity index is 2160. The Morgan fingerprint density at radius 1 is 0.381 bits per heavy atom. The summed E-state index contributed by atoms with van der Waals surface area (Å²) in [4.78, 5) is 7.80. The van der Waals surface area contributed by atoms with Crippen molar-refractivity contribution in [2.45, 2.75) is 24.7 Å². The first-order valence-corrected chi connectivity index (χ1v) is 14.8. The predicted octanol–water partition coefficient (Wildman–Crippen LogP) is 9.98. The summed E-state index contributed by atoms with van der Waals surface area (Å²) < 4.78 is 0. The van der Waals surface area contributed by atoms with Crippen LogP contribution in [-0.4, -0.2) is 9.97 Å². The second kappa shape index (κ2) is 8.24. The van der Waals surface area contributed by atoms with Crippen molar-refractivity contribution in [3.8, 4) is 0 Å². The molecule has 6 aromatic carbocycles. The average Bonchev–Trinajstić information content (AvgIpc) is 3.62. The van der Waals surface area contributed by atoms with Gasteiger partial charge in [-0.05, 0) is 59.4 Å². The van der Waals surface area contributed by atoms with Crippen LogP contribution >= 0.6 is 0 Å². The molecule has 0 saturated carbocycles. The van der Waals surface area contributed by atoms with E-state index in [-0.39, 0.29) is 0 Å². The lowest BCUT2D eigenvalue weighted by atomic mass is 9.54. The maximum Gasteiger partial charge on any atom is 0.0513 e. The number of para-hydroxylation sites is 2. The summed E-state index contributed by atoms with van der Waals surface area (Å²) in [6, 6.07) is 49.1. The van der Waals surface area contributed by atoms with E-state index in [9.17, 15) is 0 Å². The third-order valence-electron chi connectivity index (χ3n) is 10.1. The van der Waals surface area contributed by atoms with Gasteiger partial charge < -0.3 is 9.97 Å². The van der Waals surface area contributed by atoms with E-state index in [2.05, 4.69) is 157 Å². The third-order valence-corrected chi connectivity index (χ3v) is 10.1. The predicted molar refractivity (Wildman–Crippen MR) is 176 cm³/mol. The Kier molecular flexibility index (Phi) is 4.63. The SMILES string of the molecule is CC1(c2ccccc2)c2ccc3c([nH]c4ccccc43)c2C(C)(c2ccccc2)c2ccc3c([nH]c4ccccc43)c21. The standard InChI is InChI=1S/C40H30N2/c1-39(25-13-5-3-6-14-25)31-23-21-30-28-18-10-12-20-34(28)42-38(30)36(31)40(2,26-15-7-4-8-16-26)32-24-22-29-27-17-9-11-19-33(27)41-37(29)35(32)39/h3-24,41-42H,1-2H3. The lowest BCUT2D eigenvalue weighted by Crippen LogP contribution is -2.41. The monoisotopic (exact) mass is 538 g/mol. The first-order chi connectivity index (χ1) is 20.6. The van der Waals surface area contributed by atoms with E-state index < -0.39 is 10.8 Å². The summed E-state index contributed by atoms with van der Waals surface area (Å²) in [5.41, 5.74) is 12.0. The Balaban J connectivity index is 1.54. The largest absolute Gasteiger partial charge is 0.354 e. The minimum Gasteiger partial charge on any atom is -0.354 e. The van der Waals surface area contributed by atoms with Crippen LogP contribution in [0.3, 0.4) is 0 Å². The van der Waals surface area contributed by atoms with E-state index in [0.29, 0.717) is 0 Å². The summed E-state index contributed by atoms with van der Waals surface area (Å²) in [5.74, 6) is 0. The van der Waals surface area contributed by atoms with Crippen LogP contribution in [0.5, 0.6) is 0 Å². The topological polar surface area (TPSA) is 31.6 Å². The molecular weight excluding hydrogens is 508 g/mol.